The van der Waals surface area contributed by atoms with Gasteiger partial charge in [-0.15, -0.1) is 0 Å². The molecular formula is C8H11FN2. The molecule has 0 bridgehead atoms. The minimum atomic E-state index is -0.279. The third-order valence-corrected chi connectivity index (χ3v) is 1.42. The van der Waals surface area contributed by atoms with Gasteiger partial charge in [-0.3, -0.25) is 4.98 Å². The SMILES string of the molecule is CNCCc1ccc(F)cn1. The van der Waals surface area contributed by atoms with E-state index < -0.39 is 0 Å². The van der Waals surface area contributed by atoms with Gasteiger partial charge < -0.3 is 5.32 Å². The van der Waals surface area contributed by atoms with Gasteiger partial charge in [0.25, 0.3) is 0 Å². The van der Waals surface area contributed by atoms with E-state index in [2.05, 4.69) is 10.3 Å². The van der Waals surface area contributed by atoms with E-state index in [-0.39, 0.29) is 5.82 Å². The molecule has 0 saturated carbocycles. The highest BCUT2D eigenvalue weighted by atomic mass is 19.1. The third kappa shape index (κ3) is 2.63. The zero-order valence-electron chi connectivity index (χ0n) is 6.47. The smallest absolute Gasteiger partial charge is 0.141 e. The van der Waals surface area contributed by atoms with Crippen molar-refractivity contribution >= 4 is 0 Å². The average Bonchev–Trinajstić information content (AvgIpc) is 2.04. The molecule has 1 aromatic heterocycles. The molecule has 0 amide bonds. The van der Waals surface area contributed by atoms with Crippen molar-refractivity contribution in [2.75, 3.05) is 13.6 Å². The predicted molar refractivity (Wildman–Crippen MR) is 41.8 cm³/mol. The number of halogens is 1. The van der Waals surface area contributed by atoms with Gasteiger partial charge in [0.1, 0.15) is 5.82 Å². The summed E-state index contributed by atoms with van der Waals surface area (Å²) in [7, 11) is 1.88. The highest BCUT2D eigenvalue weighted by Crippen LogP contribution is 1.97. The van der Waals surface area contributed by atoms with E-state index in [1.807, 2.05) is 7.05 Å². The molecule has 0 atom stereocenters. The van der Waals surface area contributed by atoms with Crippen molar-refractivity contribution in [2.45, 2.75) is 6.42 Å². The van der Waals surface area contributed by atoms with Gasteiger partial charge in [0.2, 0.25) is 0 Å². The summed E-state index contributed by atoms with van der Waals surface area (Å²) >= 11 is 0. The van der Waals surface area contributed by atoms with Crippen LogP contribution in [0.25, 0.3) is 0 Å². The molecule has 1 N–H and O–H groups in total. The molecule has 1 aromatic rings. The van der Waals surface area contributed by atoms with Crippen molar-refractivity contribution in [1.82, 2.24) is 10.3 Å². The van der Waals surface area contributed by atoms with Crippen LogP contribution in [0.4, 0.5) is 4.39 Å². The van der Waals surface area contributed by atoms with Gasteiger partial charge in [0.15, 0.2) is 0 Å². The van der Waals surface area contributed by atoms with E-state index in [1.54, 1.807) is 6.07 Å². The lowest BCUT2D eigenvalue weighted by Gasteiger charge is -1.97. The van der Waals surface area contributed by atoms with Gasteiger partial charge in [-0.1, -0.05) is 0 Å². The summed E-state index contributed by atoms with van der Waals surface area (Å²) in [5, 5.41) is 3.00. The number of hydrogen-bond acceptors (Lipinski definition) is 2. The van der Waals surface area contributed by atoms with Gasteiger partial charge in [-0.05, 0) is 19.2 Å². The first kappa shape index (κ1) is 8.14. The fraction of sp³-hybridized carbons (Fsp3) is 0.375. The Kier molecular flexibility index (Phi) is 2.98. The Morgan fingerprint density at radius 1 is 1.55 bits per heavy atom. The molecule has 1 rings (SSSR count). The van der Waals surface area contributed by atoms with Crippen LogP contribution in [0.3, 0.4) is 0 Å². The second kappa shape index (κ2) is 4.03. The lowest BCUT2D eigenvalue weighted by atomic mass is 10.3. The molecule has 0 aliphatic heterocycles. The molecule has 3 heteroatoms. The Morgan fingerprint density at radius 2 is 2.36 bits per heavy atom. The fourth-order valence-corrected chi connectivity index (χ4v) is 0.807. The molecule has 0 fully saturated rings. The van der Waals surface area contributed by atoms with Crippen molar-refractivity contribution in [1.29, 1.82) is 0 Å². The number of nitrogens with zero attached hydrogens (tertiary/aromatic N) is 1. The first-order chi connectivity index (χ1) is 5.33. The maximum atomic E-state index is 12.3. The summed E-state index contributed by atoms with van der Waals surface area (Å²) in [5.74, 6) is -0.279. The van der Waals surface area contributed by atoms with Gasteiger partial charge in [0.05, 0.1) is 6.20 Å². The van der Waals surface area contributed by atoms with E-state index in [4.69, 9.17) is 0 Å². The lowest BCUT2D eigenvalue weighted by Crippen LogP contribution is -2.10. The molecule has 0 saturated heterocycles. The van der Waals surface area contributed by atoms with Gasteiger partial charge >= 0.3 is 0 Å². The Labute approximate surface area is 65.5 Å². The maximum Gasteiger partial charge on any atom is 0.141 e. The summed E-state index contributed by atoms with van der Waals surface area (Å²) < 4.78 is 12.3. The quantitative estimate of drug-likeness (QED) is 0.702. The van der Waals surface area contributed by atoms with Crippen LogP contribution in [0.15, 0.2) is 18.3 Å². The van der Waals surface area contributed by atoms with Crippen molar-refractivity contribution in [3.63, 3.8) is 0 Å². The predicted octanol–water partition coefficient (Wildman–Crippen LogP) is 0.983. The second-order valence-electron chi connectivity index (χ2n) is 2.32. The average molecular weight is 154 g/mol. The highest BCUT2D eigenvalue weighted by Gasteiger charge is 1.93. The Bertz CT molecular complexity index is 208. The first-order valence-electron chi connectivity index (χ1n) is 3.58. The molecule has 60 valence electrons. The maximum absolute atomic E-state index is 12.3. The molecule has 11 heavy (non-hydrogen) atoms. The van der Waals surface area contributed by atoms with Crippen LogP contribution in [-0.4, -0.2) is 18.6 Å². The number of hydrogen-bond donors (Lipinski definition) is 1. The van der Waals surface area contributed by atoms with Crippen LogP contribution in [0.1, 0.15) is 5.69 Å². The van der Waals surface area contributed by atoms with Gasteiger partial charge in [0, 0.05) is 18.7 Å². The van der Waals surface area contributed by atoms with Crippen molar-refractivity contribution in [3.8, 4) is 0 Å². The zero-order chi connectivity index (χ0) is 8.10. The molecule has 1 heterocycles. The molecule has 0 aliphatic carbocycles. The summed E-state index contributed by atoms with van der Waals surface area (Å²) in [6, 6.07) is 3.13. The number of aromatic nitrogens is 1. The summed E-state index contributed by atoms with van der Waals surface area (Å²) in [6.07, 6.45) is 2.09. The van der Waals surface area contributed by atoms with Crippen LogP contribution in [0.5, 0.6) is 0 Å². The normalized spacial score (nSPS) is 10.0. The molecule has 0 radical (unpaired) electrons. The minimum absolute atomic E-state index is 0.279. The molecule has 0 unspecified atom stereocenters. The topological polar surface area (TPSA) is 24.9 Å². The molecular weight excluding hydrogens is 143 g/mol. The summed E-state index contributed by atoms with van der Waals surface area (Å²) in [6.45, 7) is 0.874. The van der Waals surface area contributed by atoms with Gasteiger partial charge in [-0.2, -0.15) is 0 Å². The molecule has 0 aliphatic rings. The number of likely N-dealkylation sites (N-methyl/N-ethyl adjacent to an activating group) is 1. The van der Waals surface area contributed by atoms with Crippen LogP contribution in [0, 0.1) is 5.82 Å². The van der Waals surface area contributed by atoms with Crippen LogP contribution >= 0.6 is 0 Å². The number of rotatable bonds is 3. The number of nitrogens with one attached hydrogen (secondary N) is 1. The second-order valence-corrected chi connectivity index (χ2v) is 2.32. The fourth-order valence-electron chi connectivity index (χ4n) is 0.807. The van der Waals surface area contributed by atoms with Crippen LogP contribution in [0.2, 0.25) is 0 Å². The van der Waals surface area contributed by atoms with Crippen molar-refractivity contribution in [2.24, 2.45) is 0 Å². The summed E-state index contributed by atoms with van der Waals surface area (Å²) in [4.78, 5) is 3.90. The zero-order valence-corrected chi connectivity index (χ0v) is 6.47. The molecule has 0 aromatic carbocycles. The largest absolute Gasteiger partial charge is 0.319 e. The van der Waals surface area contributed by atoms with E-state index in [1.165, 1.54) is 12.3 Å². The van der Waals surface area contributed by atoms with E-state index in [0.29, 0.717) is 0 Å². The monoisotopic (exact) mass is 154 g/mol. The molecule has 0 spiro atoms. The van der Waals surface area contributed by atoms with Crippen LogP contribution in [-0.2, 0) is 6.42 Å². The minimum Gasteiger partial charge on any atom is -0.319 e. The Balaban J connectivity index is 2.52. The Morgan fingerprint density at radius 3 is 2.91 bits per heavy atom. The van der Waals surface area contributed by atoms with Crippen molar-refractivity contribution < 1.29 is 4.39 Å². The standard InChI is InChI=1S/C8H11FN2/c1-10-5-4-8-3-2-7(9)6-11-8/h2-3,6,10H,4-5H2,1H3. The summed E-state index contributed by atoms with van der Waals surface area (Å²) in [5.41, 5.74) is 0.917. The van der Waals surface area contributed by atoms with Gasteiger partial charge in [-0.25, -0.2) is 4.39 Å². The molecule has 2 nitrogen and oxygen atoms in total. The Hall–Kier alpha value is -0.960. The van der Waals surface area contributed by atoms with E-state index in [0.717, 1.165) is 18.7 Å². The van der Waals surface area contributed by atoms with Crippen LogP contribution < -0.4 is 5.32 Å². The van der Waals surface area contributed by atoms with E-state index in [9.17, 15) is 4.39 Å². The first-order valence-corrected chi connectivity index (χ1v) is 3.58. The lowest BCUT2D eigenvalue weighted by molar-refractivity contribution is 0.618. The van der Waals surface area contributed by atoms with Crippen molar-refractivity contribution in [3.05, 3.63) is 29.8 Å². The highest BCUT2D eigenvalue weighted by molar-refractivity contribution is 5.05. The van der Waals surface area contributed by atoms with E-state index >= 15 is 0 Å². The third-order valence-electron chi connectivity index (χ3n) is 1.42. The number of pyridine rings is 1.